The number of hydrogen-bond acceptors (Lipinski definition) is 5. The third kappa shape index (κ3) is 3.79. The van der Waals surface area contributed by atoms with Crippen LogP contribution in [0.5, 0.6) is 0 Å². The average Bonchev–Trinajstić information content (AvgIpc) is 3.44. The van der Waals surface area contributed by atoms with Crippen LogP contribution in [0.2, 0.25) is 0 Å². The van der Waals surface area contributed by atoms with Crippen LogP contribution in [0.1, 0.15) is 48.7 Å². The van der Waals surface area contributed by atoms with Crippen molar-refractivity contribution in [2.75, 3.05) is 11.1 Å². The topological polar surface area (TPSA) is 114 Å². The van der Waals surface area contributed by atoms with Gasteiger partial charge in [0.1, 0.15) is 22.9 Å². The molecule has 4 aromatic heterocycles. The molecule has 0 radical (unpaired) electrons. The average molecular weight is 480 g/mol. The zero-order valence-corrected chi connectivity index (χ0v) is 20.5. The van der Waals surface area contributed by atoms with Crippen LogP contribution in [0, 0.1) is 19.8 Å². The van der Waals surface area contributed by atoms with Gasteiger partial charge < -0.3 is 16.0 Å². The van der Waals surface area contributed by atoms with Gasteiger partial charge in [-0.1, -0.05) is 18.2 Å². The standard InChI is InChI=1S/C28H29N7O/c1-16-7-12-20(15-31-16)32-28(36)19-10-8-18(9-11-19)27-34-24(25-26(29)30-13-14-35(25)27)23-17(2)21-5-3-4-6-22(21)33-23/h3-7,12-15,18-19,33H,8-11H2,1-2H3,(H2,29,30)(H,32,36)/t18-,19-. The Morgan fingerprint density at radius 2 is 1.89 bits per heavy atom. The summed E-state index contributed by atoms with van der Waals surface area (Å²) in [5, 5.41) is 4.20. The quantitative estimate of drug-likeness (QED) is 0.320. The maximum absolute atomic E-state index is 12.9. The summed E-state index contributed by atoms with van der Waals surface area (Å²) in [6.45, 7) is 4.04. The highest BCUT2D eigenvalue weighted by Crippen LogP contribution is 2.40. The minimum Gasteiger partial charge on any atom is -0.382 e. The Hall–Kier alpha value is -4.20. The molecule has 8 nitrogen and oxygen atoms in total. The Bertz CT molecular complexity index is 1570. The third-order valence-corrected chi connectivity index (χ3v) is 7.45. The second-order valence-electron chi connectivity index (χ2n) is 9.75. The number of nitrogen functional groups attached to an aromatic ring is 1. The number of rotatable bonds is 4. The molecule has 4 heterocycles. The van der Waals surface area contributed by atoms with Gasteiger partial charge in [-0.15, -0.1) is 0 Å². The number of aryl methyl sites for hydroxylation is 2. The number of nitrogens with zero attached hydrogens (tertiary/aromatic N) is 4. The molecule has 0 aliphatic heterocycles. The van der Waals surface area contributed by atoms with E-state index in [9.17, 15) is 4.79 Å². The van der Waals surface area contributed by atoms with Gasteiger partial charge in [0.05, 0.1) is 17.6 Å². The zero-order valence-electron chi connectivity index (χ0n) is 20.5. The lowest BCUT2D eigenvalue weighted by Crippen LogP contribution is -2.27. The molecule has 1 aliphatic rings. The smallest absolute Gasteiger partial charge is 0.227 e. The van der Waals surface area contributed by atoms with Crippen molar-refractivity contribution in [2.45, 2.75) is 45.4 Å². The first kappa shape index (κ1) is 22.3. The number of imidazole rings is 1. The van der Waals surface area contributed by atoms with Crippen LogP contribution in [-0.4, -0.2) is 30.2 Å². The summed E-state index contributed by atoms with van der Waals surface area (Å²) in [7, 11) is 0. The van der Waals surface area contributed by atoms with E-state index in [0.717, 1.165) is 70.9 Å². The van der Waals surface area contributed by atoms with Gasteiger partial charge in [-0.3, -0.25) is 14.2 Å². The summed E-state index contributed by atoms with van der Waals surface area (Å²) in [6.07, 6.45) is 8.77. The number of fused-ring (bicyclic) bond motifs is 2. The van der Waals surface area contributed by atoms with Crippen molar-refractivity contribution < 1.29 is 4.79 Å². The fourth-order valence-electron chi connectivity index (χ4n) is 5.47. The lowest BCUT2D eigenvalue weighted by molar-refractivity contribution is -0.120. The van der Waals surface area contributed by atoms with Gasteiger partial charge in [0, 0.05) is 40.8 Å². The van der Waals surface area contributed by atoms with Gasteiger partial charge in [0.25, 0.3) is 0 Å². The van der Waals surface area contributed by atoms with Gasteiger partial charge in [0.15, 0.2) is 0 Å². The van der Waals surface area contributed by atoms with Crippen LogP contribution in [-0.2, 0) is 4.79 Å². The molecule has 1 aliphatic carbocycles. The van der Waals surface area contributed by atoms with E-state index in [2.05, 4.69) is 43.7 Å². The Kier molecular flexibility index (Phi) is 5.44. The molecular formula is C28H29N7O. The number of aromatic amines is 1. The third-order valence-electron chi connectivity index (χ3n) is 7.45. The molecule has 4 N–H and O–H groups in total. The fraction of sp³-hybridized carbons (Fsp3) is 0.286. The second-order valence-corrected chi connectivity index (χ2v) is 9.75. The first-order valence-corrected chi connectivity index (χ1v) is 12.4. The van der Waals surface area contributed by atoms with Crippen LogP contribution >= 0.6 is 0 Å². The molecule has 1 saturated carbocycles. The summed E-state index contributed by atoms with van der Waals surface area (Å²) in [5.41, 5.74) is 12.9. The summed E-state index contributed by atoms with van der Waals surface area (Å²) in [4.78, 5) is 30.2. The van der Waals surface area contributed by atoms with E-state index in [1.807, 2.05) is 37.4 Å². The largest absolute Gasteiger partial charge is 0.382 e. The van der Waals surface area contributed by atoms with E-state index in [-0.39, 0.29) is 17.7 Å². The number of anilines is 2. The first-order valence-electron chi connectivity index (χ1n) is 12.4. The molecule has 36 heavy (non-hydrogen) atoms. The van der Waals surface area contributed by atoms with Gasteiger partial charge in [-0.25, -0.2) is 9.97 Å². The van der Waals surface area contributed by atoms with E-state index in [0.29, 0.717) is 5.82 Å². The van der Waals surface area contributed by atoms with E-state index in [4.69, 9.17) is 10.7 Å². The Labute approximate surface area is 209 Å². The van der Waals surface area contributed by atoms with Crippen molar-refractivity contribution in [3.8, 4) is 11.4 Å². The minimum atomic E-state index is -0.0177. The van der Waals surface area contributed by atoms with Gasteiger partial charge in [-0.05, 0) is 63.3 Å². The number of amides is 1. The molecule has 1 fully saturated rings. The Morgan fingerprint density at radius 3 is 2.64 bits per heavy atom. The highest BCUT2D eigenvalue weighted by atomic mass is 16.1. The number of para-hydroxylation sites is 1. The van der Waals surface area contributed by atoms with Crippen LogP contribution in [0.3, 0.4) is 0 Å². The molecule has 1 aromatic carbocycles. The highest BCUT2D eigenvalue weighted by molar-refractivity contribution is 5.95. The molecule has 0 atom stereocenters. The van der Waals surface area contributed by atoms with Crippen LogP contribution in [0.15, 0.2) is 55.0 Å². The Morgan fingerprint density at radius 1 is 1.08 bits per heavy atom. The van der Waals surface area contributed by atoms with Crippen molar-refractivity contribution in [2.24, 2.45) is 5.92 Å². The molecule has 6 rings (SSSR count). The van der Waals surface area contributed by atoms with E-state index in [1.54, 1.807) is 12.4 Å². The number of carbonyl (C=O) groups excluding carboxylic acids is 1. The SMILES string of the molecule is Cc1ccc(NC(=O)[C@H]2CC[C@H](c3nc(-c4[nH]c5ccccc5c4C)c4c(N)nccn43)CC2)cn1. The van der Waals surface area contributed by atoms with Crippen LogP contribution in [0.25, 0.3) is 27.8 Å². The second kappa shape index (κ2) is 8.78. The summed E-state index contributed by atoms with van der Waals surface area (Å²) in [5.74, 6) is 1.73. The molecular weight excluding hydrogens is 450 g/mol. The monoisotopic (exact) mass is 479 g/mol. The number of aromatic nitrogens is 5. The highest BCUT2D eigenvalue weighted by Gasteiger charge is 2.31. The lowest BCUT2D eigenvalue weighted by Gasteiger charge is -2.27. The molecule has 8 heteroatoms. The number of benzene rings is 1. The molecule has 0 saturated heterocycles. The Balaban J connectivity index is 1.28. The predicted molar refractivity (Wildman–Crippen MR) is 142 cm³/mol. The van der Waals surface area contributed by atoms with Crippen LogP contribution in [0.4, 0.5) is 11.5 Å². The molecule has 0 bridgehead atoms. The number of carbonyl (C=O) groups is 1. The molecule has 5 aromatic rings. The number of hydrogen-bond donors (Lipinski definition) is 3. The van der Waals surface area contributed by atoms with Gasteiger partial charge in [-0.2, -0.15) is 0 Å². The zero-order chi connectivity index (χ0) is 24.8. The van der Waals surface area contributed by atoms with Crippen LogP contribution < -0.4 is 11.1 Å². The summed E-state index contributed by atoms with van der Waals surface area (Å²) in [6, 6.07) is 12.1. The van der Waals surface area contributed by atoms with Gasteiger partial charge in [0.2, 0.25) is 5.91 Å². The molecule has 0 unspecified atom stereocenters. The maximum Gasteiger partial charge on any atom is 0.227 e. The van der Waals surface area contributed by atoms with Crippen molar-refractivity contribution in [3.05, 3.63) is 72.1 Å². The number of nitrogens with one attached hydrogen (secondary N) is 2. The number of pyridine rings is 1. The molecule has 1 amide bonds. The summed E-state index contributed by atoms with van der Waals surface area (Å²) >= 11 is 0. The first-order chi connectivity index (χ1) is 17.5. The maximum atomic E-state index is 12.9. The minimum absolute atomic E-state index is 0.0177. The normalized spacial score (nSPS) is 18.1. The lowest BCUT2D eigenvalue weighted by atomic mass is 9.81. The fourth-order valence-corrected chi connectivity index (χ4v) is 5.47. The van der Waals surface area contributed by atoms with Crippen molar-refractivity contribution in [3.63, 3.8) is 0 Å². The van der Waals surface area contributed by atoms with E-state index in [1.165, 1.54) is 5.39 Å². The van der Waals surface area contributed by atoms with Crippen molar-refractivity contribution >= 4 is 33.8 Å². The molecule has 182 valence electrons. The van der Waals surface area contributed by atoms with Crippen molar-refractivity contribution in [1.82, 2.24) is 24.3 Å². The van der Waals surface area contributed by atoms with Crippen molar-refractivity contribution in [1.29, 1.82) is 0 Å². The number of H-pyrrole nitrogens is 1. The molecule has 0 spiro atoms. The van der Waals surface area contributed by atoms with Gasteiger partial charge >= 0.3 is 0 Å². The van der Waals surface area contributed by atoms with E-state index >= 15 is 0 Å². The van der Waals surface area contributed by atoms with E-state index < -0.39 is 0 Å². The predicted octanol–water partition coefficient (Wildman–Crippen LogP) is 5.38. The number of nitrogens with two attached hydrogens (primary N) is 1. The summed E-state index contributed by atoms with van der Waals surface area (Å²) < 4.78 is 2.09.